The first-order valence-corrected chi connectivity index (χ1v) is 9.21. The summed E-state index contributed by atoms with van der Waals surface area (Å²) in [5.74, 6) is -0.288. The summed E-state index contributed by atoms with van der Waals surface area (Å²) < 4.78 is 11.1. The molecule has 2 bridgehead atoms. The molecule has 2 rings (SSSR count). The van der Waals surface area contributed by atoms with Crippen LogP contribution in [0.3, 0.4) is 0 Å². The highest BCUT2D eigenvalue weighted by Crippen LogP contribution is 2.66. The normalized spacial score (nSPS) is 29.8. The van der Waals surface area contributed by atoms with Gasteiger partial charge in [-0.15, -0.1) is 0 Å². The summed E-state index contributed by atoms with van der Waals surface area (Å²) in [6, 6.07) is 0. The average Bonchev–Trinajstić information content (AvgIpc) is 2.84. The number of aliphatic carboxylic acids is 1. The summed E-state index contributed by atoms with van der Waals surface area (Å²) >= 11 is 0. The maximum atomic E-state index is 12.3. The van der Waals surface area contributed by atoms with Crippen LogP contribution in [0.4, 0.5) is 0 Å². The van der Waals surface area contributed by atoms with Crippen molar-refractivity contribution in [1.29, 1.82) is 0 Å². The molecule has 5 heteroatoms. The van der Waals surface area contributed by atoms with Gasteiger partial charge in [0.25, 0.3) is 5.97 Å². The Morgan fingerprint density at radius 3 is 2.28 bits per heavy atom. The van der Waals surface area contributed by atoms with Crippen molar-refractivity contribution in [1.82, 2.24) is 0 Å². The zero-order valence-corrected chi connectivity index (χ0v) is 16.6. The van der Waals surface area contributed by atoms with E-state index in [-0.39, 0.29) is 22.9 Å². The Bertz CT molecular complexity index is 504. The highest BCUT2D eigenvalue weighted by atomic mass is 16.5. The molecule has 0 spiro atoms. The van der Waals surface area contributed by atoms with E-state index < -0.39 is 5.97 Å². The zero-order valence-electron chi connectivity index (χ0n) is 16.6. The monoisotopic (exact) mass is 354 g/mol. The average molecular weight is 354 g/mol. The van der Waals surface area contributed by atoms with Crippen LogP contribution in [0.1, 0.15) is 67.2 Å². The predicted octanol–water partition coefficient (Wildman–Crippen LogP) is 4.21. The number of ether oxygens (including phenoxy) is 2. The van der Waals surface area contributed by atoms with Crippen LogP contribution in [0.5, 0.6) is 0 Å². The van der Waals surface area contributed by atoms with E-state index in [9.17, 15) is 4.79 Å². The van der Waals surface area contributed by atoms with Crippen LogP contribution in [-0.4, -0.2) is 36.4 Å². The quantitative estimate of drug-likeness (QED) is 0.439. The van der Waals surface area contributed by atoms with E-state index in [1.165, 1.54) is 12.8 Å². The molecule has 25 heavy (non-hydrogen) atoms. The Morgan fingerprint density at radius 2 is 1.84 bits per heavy atom. The van der Waals surface area contributed by atoms with E-state index >= 15 is 0 Å². The SMILES string of the molecule is CC(=O)O.CCOCCC=C(C)C(=O)OC1C[C@H]2CC[C@@]1(C)C2(C)C. The Morgan fingerprint density at radius 1 is 1.24 bits per heavy atom. The summed E-state index contributed by atoms with van der Waals surface area (Å²) in [5.41, 5.74) is 1.13. The number of carboxylic acid groups (broad SMARTS) is 1. The Balaban J connectivity index is 0.000000705. The fourth-order valence-corrected chi connectivity index (χ4v) is 4.12. The van der Waals surface area contributed by atoms with Crippen LogP contribution in [0.25, 0.3) is 0 Å². The topological polar surface area (TPSA) is 72.8 Å². The molecule has 0 radical (unpaired) electrons. The molecule has 1 N–H and O–H groups in total. The molecule has 144 valence electrons. The van der Waals surface area contributed by atoms with E-state index in [4.69, 9.17) is 19.4 Å². The van der Waals surface area contributed by atoms with E-state index in [0.29, 0.717) is 24.7 Å². The lowest BCUT2D eigenvalue weighted by atomic mass is 9.70. The van der Waals surface area contributed by atoms with Gasteiger partial charge in [0.15, 0.2) is 0 Å². The molecule has 1 unspecified atom stereocenters. The van der Waals surface area contributed by atoms with Gasteiger partial charge in [-0.05, 0) is 50.9 Å². The van der Waals surface area contributed by atoms with Gasteiger partial charge in [0, 0.05) is 24.5 Å². The fraction of sp³-hybridized carbons (Fsp3) is 0.800. The third-order valence-electron chi connectivity index (χ3n) is 6.20. The van der Waals surface area contributed by atoms with Crippen molar-refractivity contribution in [2.24, 2.45) is 16.7 Å². The van der Waals surface area contributed by atoms with Crippen molar-refractivity contribution in [2.75, 3.05) is 13.2 Å². The lowest BCUT2D eigenvalue weighted by Crippen LogP contribution is -2.38. The summed E-state index contributed by atoms with van der Waals surface area (Å²) in [6.45, 7) is 13.3. The number of rotatable bonds is 6. The number of hydrogen-bond acceptors (Lipinski definition) is 4. The van der Waals surface area contributed by atoms with E-state index in [1.54, 1.807) is 0 Å². The number of hydrogen-bond donors (Lipinski definition) is 1. The standard InChI is InChI=1S/C18H30O3.C2H4O2/c1-6-20-11-7-8-13(2)16(19)21-15-12-14-9-10-18(15,5)17(14,3)4;1-2(3)4/h8,14-15H,6-7,9-12H2,1-5H3;1H3,(H,3,4)/t14-,15?,18-;/m1./s1. The second kappa shape index (κ2) is 8.84. The van der Waals surface area contributed by atoms with Gasteiger partial charge in [-0.1, -0.05) is 26.8 Å². The first-order valence-electron chi connectivity index (χ1n) is 9.21. The molecule has 2 saturated carbocycles. The van der Waals surface area contributed by atoms with E-state index in [0.717, 1.165) is 19.8 Å². The number of fused-ring (bicyclic) bond motifs is 2. The Hall–Kier alpha value is -1.36. The zero-order chi connectivity index (χ0) is 19.3. The molecule has 5 nitrogen and oxygen atoms in total. The van der Waals surface area contributed by atoms with Crippen LogP contribution in [0.2, 0.25) is 0 Å². The number of esters is 1. The summed E-state index contributed by atoms with van der Waals surface area (Å²) in [6.07, 6.45) is 6.26. The molecule has 0 aromatic carbocycles. The summed E-state index contributed by atoms with van der Waals surface area (Å²) in [4.78, 5) is 21.3. The molecule has 2 aliphatic rings. The molecule has 0 heterocycles. The van der Waals surface area contributed by atoms with Crippen LogP contribution in [-0.2, 0) is 19.1 Å². The molecule has 0 aromatic rings. The number of carboxylic acids is 1. The van der Waals surface area contributed by atoms with E-state index in [2.05, 4.69) is 20.8 Å². The van der Waals surface area contributed by atoms with E-state index in [1.807, 2.05) is 19.9 Å². The molecule has 0 aromatic heterocycles. The maximum Gasteiger partial charge on any atom is 0.333 e. The first kappa shape index (κ1) is 21.7. The predicted molar refractivity (Wildman–Crippen MR) is 97.3 cm³/mol. The smallest absolute Gasteiger partial charge is 0.333 e. The summed E-state index contributed by atoms with van der Waals surface area (Å²) in [7, 11) is 0. The first-order chi connectivity index (χ1) is 11.6. The van der Waals surface area contributed by atoms with Gasteiger partial charge in [-0.3, -0.25) is 4.79 Å². The second-order valence-corrected chi connectivity index (χ2v) is 7.90. The number of carbonyl (C=O) groups excluding carboxylic acids is 1. The van der Waals surface area contributed by atoms with Crippen molar-refractivity contribution in [3.05, 3.63) is 11.6 Å². The van der Waals surface area contributed by atoms with Gasteiger partial charge in [-0.25, -0.2) is 4.79 Å². The van der Waals surface area contributed by atoms with Gasteiger partial charge < -0.3 is 14.6 Å². The lowest BCUT2D eigenvalue weighted by Gasteiger charge is -2.38. The largest absolute Gasteiger partial charge is 0.481 e. The lowest BCUT2D eigenvalue weighted by molar-refractivity contribution is -0.152. The highest BCUT2D eigenvalue weighted by molar-refractivity contribution is 5.87. The fourth-order valence-electron chi connectivity index (χ4n) is 4.12. The molecule has 2 aliphatic carbocycles. The molecular formula is C20H34O5. The van der Waals surface area contributed by atoms with Gasteiger partial charge >= 0.3 is 5.97 Å². The van der Waals surface area contributed by atoms with Gasteiger partial charge in [0.1, 0.15) is 6.10 Å². The minimum Gasteiger partial charge on any atom is -0.481 e. The van der Waals surface area contributed by atoms with Crippen LogP contribution in [0, 0.1) is 16.7 Å². The van der Waals surface area contributed by atoms with Gasteiger partial charge in [0.05, 0.1) is 6.61 Å². The summed E-state index contributed by atoms with van der Waals surface area (Å²) in [5, 5.41) is 7.42. The Labute approximate surface area is 151 Å². The second-order valence-electron chi connectivity index (χ2n) is 7.90. The molecule has 3 atom stereocenters. The third kappa shape index (κ3) is 5.06. The molecule has 0 amide bonds. The van der Waals surface area contributed by atoms with Crippen molar-refractivity contribution in [2.45, 2.75) is 73.3 Å². The highest BCUT2D eigenvalue weighted by Gasteiger charge is 2.62. The maximum absolute atomic E-state index is 12.3. The third-order valence-corrected chi connectivity index (χ3v) is 6.20. The van der Waals surface area contributed by atoms with Crippen LogP contribution in [0.15, 0.2) is 11.6 Å². The van der Waals surface area contributed by atoms with Crippen LogP contribution >= 0.6 is 0 Å². The minimum absolute atomic E-state index is 0.0778. The Kier molecular flexibility index (Phi) is 7.66. The minimum atomic E-state index is -0.833. The molecule has 2 fully saturated rings. The van der Waals surface area contributed by atoms with Crippen molar-refractivity contribution in [3.63, 3.8) is 0 Å². The molecular weight excluding hydrogens is 320 g/mol. The van der Waals surface area contributed by atoms with Crippen molar-refractivity contribution < 1.29 is 24.2 Å². The molecule has 0 aliphatic heterocycles. The number of carbonyl (C=O) groups is 2. The van der Waals surface area contributed by atoms with Crippen molar-refractivity contribution in [3.8, 4) is 0 Å². The molecule has 0 saturated heterocycles. The van der Waals surface area contributed by atoms with Gasteiger partial charge in [0.2, 0.25) is 0 Å². The van der Waals surface area contributed by atoms with Crippen molar-refractivity contribution >= 4 is 11.9 Å². The van der Waals surface area contributed by atoms with Crippen LogP contribution < -0.4 is 0 Å². The van der Waals surface area contributed by atoms with Gasteiger partial charge in [-0.2, -0.15) is 0 Å².